The summed E-state index contributed by atoms with van der Waals surface area (Å²) in [6.45, 7) is 8.98. The molecule has 1 fully saturated rings. The van der Waals surface area contributed by atoms with Crippen LogP contribution in [0, 0.1) is 0 Å². The molecule has 2 aliphatic rings. The number of anilines is 1. The first kappa shape index (κ1) is 29.6. The van der Waals surface area contributed by atoms with E-state index in [0.717, 1.165) is 30.6 Å². The molecule has 40 heavy (non-hydrogen) atoms. The van der Waals surface area contributed by atoms with Crippen molar-refractivity contribution in [1.29, 1.82) is 0 Å². The largest absolute Gasteiger partial charge is 0.460 e. The average Bonchev–Trinajstić information content (AvgIpc) is 3.25. The Bertz CT molecular complexity index is 1200. The Hall–Kier alpha value is -3.43. The summed E-state index contributed by atoms with van der Waals surface area (Å²) in [7, 11) is 0. The Labute approximate surface area is 236 Å². The summed E-state index contributed by atoms with van der Waals surface area (Å²) in [5.41, 5.74) is 7.43. The van der Waals surface area contributed by atoms with Gasteiger partial charge < -0.3 is 30.7 Å². The van der Waals surface area contributed by atoms with Gasteiger partial charge in [0.25, 0.3) is 0 Å². The highest BCUT2D eigenvalue weighted by Crippen LogP contribution is 2.43. The molecule has 1 saturated heterocycles. The average molecular weight is 551 g/mol. The van der Waals surface area contributed by atoms with Gasteiger partial charge in [-0.15, -0.1) is 0 Å². The predicted molar refractivity (Wildman–Crippen MR) is 154 cm³/mol. The number of ether oxygens (including phenoxy) is 2. The van der Waals surface area contributed by atoms with Crippen LogP contribution in [0.4, 0.5) is 5.69 Å². The van der Waals surface area contributed by atoms with Crippen LogP contribution in [0.3, 0.4) is 0 Å². The molecule has 2 atom stereocenters. The molecule has 0 saturated carbocycles. The van der Waals surface area contributed by atoms with Crippen LogP contribution in [-0.4, -0.2) is 66.1 Å². The molecule has 0 aromatic heterocycles. The van der Waals surface area contributed by atoms with Gasteiger partial charge in [-0.25, -0.2) is 0 Å². The number of esters is 1. The zero-order valence-corrected chi connectivity index (χ0v) is 24.0. The number of hydrogen-bond acceptors (Lipinski definition) is 7. The van der Waals surface area contributed by atoms with Crippen molar-refractivity contribution in [3.05, 3.63) is 65.7 Å². The number of hydrogen-bond donors (Lipinski definition) is 3. The van der Waals surface area contributed by atoms with Crippen LogP contribution in [-0.2, 0) is 35.9 Å². The van der Waals surface area contributed by atoms with E-state index < -0.39 is 29.1 Å². The molecule has 1 spiro atoms. The summed E-state index contributed by atoms with van der Waals surface area (Å²) in [4.78, 5) is 41.2. The van der Waals surface area contributed by atoms with Crippen LogP contribution in [0.25, 0.3) is 0 Å². The Kier molecular flexibility index (Phi) is 8.85. The quantitative estimate of drug-likeness (QED) is 0.410. The molecular formula is C31H42N4O5. The van der Waals surface area contributed by atoms with E-state index in [1.165, 1.54) is 12.5 Å². The normalized spacial score (nSPS) is 18.3. The van der Waals surface area contributed by atoms with Gasteiger partial charge in [-0.05, 0) is 57.7 Å². The van der Waals surface area contributed by atoms with Gasteiger partial charge in [-0.2, -0.15) is 0 Å². The number of nitrogens with zero attached hydrogens (tertiary/aromatic N) is 1. The molecule has 4 N–H and O–H groups in total. The summed E-state index contributed by atoms with van der Waals surface area (Å²) in [6, 6.07) is 17.0. The molecule has 2 aromatic rings. The maximum Gasteiger partial charge on any atom is 0.308 e. The molecule has 9 heteroatoms. The second kappa shape index (κ2) is 12.0. The van der Waals surface area contributed by atoms with Crippen molar-refractivity contribution in [3.63, 3.8) is 0 Å². The summed E-state index contributed by atoms with van der Waals surface area (Å²) < 4.78 is 11.2. The first-order chi connectivity index (χ1) is 18.9. The maximum atomic E-state index is 13.7. The highest BCUT2D eigenvalue weighted by molar-refractivity contribution is 5.94. The third-order valence-corrected chi connectivity index (χ3v) is 7.60. The van der Waals surface area contributed by atoms with Crippen molar-refractivity contribution in [2.75, 3.05) is 31.6 Å². The molecule has 9 nitrogen and oxygen atoms in total. The minimum Gasteiger partial charge on any atom is -0.460 e. The number of amides is 2. The lowest BCUT2D eigenvalue weighted by Gasteiger charge is -2.40. The van der Waals surface area contributed by atoms with E-state index in [1.807, 2.05) is 36.4 Å². The van der Waals surface area contributed by atoms with Crippen molar-refractivity contribution in [3.8, 4) is 0 Å². The van der Waals surface area contributed by atoms with E-state index in [-0.39, 0.29) is 24.3 Å². The Morgan fingerprint density at radius 2 is 1.68 bits per heavy atom. The molecule has 2 aliphatic heterocycles. The van der Waals surface area contributed by atoms with Crippen LogP contribution >= 0.6 is 0 Å². The highest BCUT2D eigenvalue weighted by atomic mass is 16.6. The Balaban J connectivity index is 1.42. The number of piperidine rings is 1. The molecule has 2 heterocycles. The van der Waals surface area contributed by atoms with Crippen molar-refractivity contribution < 1.29 is 23.9 Å². The molecule has 2 aromatic carbocycles. The fourth-order valence-corrected chi connectivity index (χ4v) is 5.41. The molecule has 216 valence electrons. The van der Waals surface area contributed by atoms with Gasteiger partial charge in [0.1, 0.15) is 17.2 Å². The number of para-hydroxylation sites is 1. The van der Waals surface area contributed by atoms with Crippen LogP contribution in [0.2, 0.25) is 0 Å². The maximum absolute atomic E-state index is 13.7. The van der Waals surface area contributed by atoms with Gasteiger partial charge >= 0.3 is 5.97 Å². The van der Waals surface area contributed by atoms with E-state index in [1.54, 1.807) is 25.7 Å². The smallest absolute Gasteiger partial charge is 0.308 e. The first-order valence-electron chi connectivity index (χ1n) is 13.9. The van der Waals surface area contributed by atoms with Gasteiger partial charge in [0.2, 0.25) is 11.8 Å². The predicted octanol–water partition coefficient (Wildman–Crippen LogP) is 3.12. The number of nitrogens with one attached hydrogen (secondary N) is 2. The summed E-state index contributed by atoms with van der Waals surface area (Å²) >= 11 is 0. The standard InChI is InChI=1S/C31H42N4O5/c1-29(2,3)40-26(36)18-30(4,32)28(38)34-25(20-39-19-22-10-6-5-7-11-22)27(37)35-16-14-31(15-17-35)21-33-24-13-9-8-12-23(24)31/h5-13,25,33H,14-21,32H2,1-4H3,(H,34,38)/t25-,30?/m1/s1. The van der Waals surface area contributed by atoms with Crippen LogP contribution in [0.15, 0.2) is 54.6 Å². The minimum absolute atomic E-state index is 0.000819. The number of carbonyl (C=O) groups excluding carboxylic acids is 3. The summed E-state index contributed by atoms with van der Waals surface area (Å²) in [6.07, 6.45) is 1.32. The summed E-state index contributed by atoms with van der Waals surface area (Å²) in [5.74, 6) is -1.41. The number of carbonyl (C=O) groups is 3. The fourth-order valence-electron chi connectivity index (χ4n) is 5.41. The van der Waals surface area contributed by atoms with E-state index in [0.29, 0.717) is 19.7 Å². The van der Waals surface area contributed by atoms with Gasteiger partial charge in [-0.3, -0.25) is 14.4 Å². The zero-order valence-electron chi connectivity index (χ0n) is 24.0. The summed E-state index contributed by atoms with van der Waals surface area (Å²) in [5, 5.41) is 6.30. The van der Waals surface area contributed by atoms with Gasteiger partial charge in [0.15, 0.2) is 0 Å². The van der Waals surface area contributed by atoms with Gasteiger partial charge in [-0.1, -0.05) is 48.5 Å². The number of benzene rings is 2. The topological polar surface area (TPSA) is 123 Å². The van der Waals surface area contributed by atoms with Crippen LogP contribution in [0.1, 0.15) is 58.1 Å². The number of rotatable bonds is 9. The van der Waals surface area contributed by atoms with Crippen molar-refractivity contribution in [2.45, 2.75) is 76.2 Å². The monoisotopic (exact) mass is 550 g/mol. The van der Waals surface area contributed by atoms with Gasteiger partial charge in [0, 0.05) is 30.7 Å². The molecule has 0 radical (unpaired) electrons. The molecule has 2 amide bonds. The lowest BCUT2D eigenvalue weighted by atomic mass is 9.74. The van der Waals surface area contributed by atoms with E-state index in [2.05, 4.69) is 28.8 Å². The molecule has 4 rings (SSSR count). The molecule has 1 unspecified atom stereocenters. The first-order valence-corrected chi connectivity index (χ1v) is 13.9. The second-order valence-corrected chi connectivity index (χ2v) is 12.2. The van der Waals surface area contributed by atoms with Crippen LogP contribution in [0.5, 0.6) is 0 Å². The van der Waals surface area contributed by atoms with Crippen molar-refractivity contribution in [2.24, 2.45) is 5.73 Å². The van der Waals surface area contributed by atoms with Crippen molar-refractivity contribution in [1.82, 2.24) is 10.2 Å². The van der Waals surface area contributed by atoms with E-state index >= 15 is 0 Å². The van der Waals surface area contributed by atoms with Crippen LogP contribution < -0.4 is 16.4 Å². The number of nitrogens with two attached hydrogens (primary N) is 1. The molecular weight excluding hydrogens is 508 g/mol. The van der Waals surface area contributed by atoms with Gasteiger partial charge in [0.05, 0.1) is 19.6 Å². The second-order valence-electron chi connectivity index (χ2n) is 12.2. The third-order valence-electron chi connectivity index (χ3n) is 7.60. The Morgan fingerprint density at radius 3 is 2.35 bits per heavy atom. The van der Waals surface area contributed by atoms with Crippen molar-refractivity contribution >= 4 is 23.5 Å². The van der Waals surface area contributed by atoms with E-state index in [9.17, 15) is 14.4 Å². The molecule has 0 aliphatic carbocycles. The number of likely N-dealkylation sites (tertiary alicyclic amines) is 1. The van der Waals surface area contributed by atoms with E-state index in [4.69, 9.17) is 15.2 Å². The lowest BCUT2D eigenvalue weighted by molar-refractivity contribution is -0.157. The third kappa shape index (κ3) is 7.20. The lowest BCUT2D eigenvalue weighted by Crippen LogP contribution is -2.60. The zero-order chi connectivity index (χ0) is 29.0. The highest BCUT2D eigenvalue weighted by Gasteiger charge is 2.43. The number of fused-ring (bicyclic) bond motifs is 2. The minimum atomic E-state index is -1.56. The molecule has 0 bridgehead atoms. The SMILES string of the molecule is CC(C)(C)OC(=O)CC(C)(N)C(=O)N[C@H](COCc1ccccc1)C(=O)N1CCC2(CC1)CNc1ccccc12. The Morgan fingerprint density at radius 1 is 1.02 bits per heavy atom. The fraction of sp³-hybridized carbons (Fsp3) is 0.516.